The van der Waals surface area contributed by atoms with Crippen molar-refractivity contribution in [2.75, 3.05) is 33.7 Å². The minimum absolute atomic E-state index is 0.722. The summed E-state index contributed by atoms with van der Waals surface area (Å²) in [4.78, 5) is 5.07. The standard InChI is InChI=1S/C16H33N3/c1-14-12-15(13-19(14)3)17-10-7-11-18(2)16-8-5-4-6-9-16/h14-17H,4-13H2,1-3H3. The zero-order chi connectivity index (χ0) is 13.7. The van der Waals surface area contributed by atoms with E-state index in [9.17, 15) is 0 Å². The molecule has 0 aromatic carbocycles. The van der Waals surface area contributed by atoms with E-state index >= 15 is 0 Å². The molecule has 3 heteroatoms. The highest BCUT2D eigenvalue weighted by atomic mass is 15.2. The van der Waals surface area contributed by atoms with Gasteiger partial charge in [0.25, 0.3) is 0 Å². The summed E-state index contributed by atoms with van der Waals surface area (Å²) in [6.45, 7) is 6.00. The lowest BCUT2D eigenvalue weighted by Crippen LogP contribution is -2.37. The molecule has 1 heterocycles. The van der Waals surface area contributed by atoms with Gasteiger partial charge in [-0.15, -0.1) is 0 Å². The largest absolute Gasteiger partial charge is 0.313 e. The van der Waals surface area contributed by atoms with Crippen molar-refractivity contribution < 1.29 is 0 Å². The van der Waals surface area contributed by atoms with Gasteiger partial charge in [0.1, 0.15) is 0 Å². The Labute approximate surface area is 119 Å². The second-order valence-corrected chi connectivity index (χ2v) is 6.80. The first kappa shape index (κ1) is 15.3. The molecule has 2 rings (SSSR count). The van der Waals surface area contributed by atoms with E-state index in [-0.39, 0.29) is 0 Å². The molecule has 0 spiro atoms. The van der Waals surface area contributed by atoms with Crippen LogP contribution < -0.4 is 5.32 Å². The van der Waals surface area contributed by atoms with Crippen molar-refractivity contribution in [3.8, 4) is 0 Å². The SMILES string of the molecule is CC1CC(NCCCN(C)C2CCCCC2)CN1C. The van der Waals surface area contributed by atoms with Gasteiger partial charge in [0.15, 0.2) is 0 Å². The fourth-order valence-corrected chi connectivity index (χ4v) is 3.68. The molecule has 0 bridgehead atoms. The first-order chi connectivity index (χ1) is 9.16. The molecule has 112 valence electrons. The first-order valence-electron chi connectivity index (χ1n) is 8.30. The Hall–Kier alpha value is -0.120. The van der Waals surface area contributed by atoms with E-state index in [1.165, 1.54) is 64.6 Å². The van der Waals surface area contributed by atoms with Crippen molar-refractivity contribution >= 4 is 0 Å². The fraction of sp³-hybridized carbons (Fsp3) is 1.00. The molecule has 1 aliphatic carbocycles. The molecule has 1 aliphatic heterocycles. The molecule has 1 saturated heterocycles. The average Bonchev–Trinajstić information content (AvgIpc) is 2.74. The van der Waals surface area contributed by atoms with E-state index < -0.39 is 0 Å². The predicted molar refractivity (Wildman–Crippen MR) is 82.6 cm³/mol. The number of hydrogen-bond donors (Lipinski definition) is 1. The van der Waals surface area contributed by atoms with Crippen molar-refractivity contribution in [2.24, 2.45) is 0 Å². The second kappa shape index (κ2) is 7.61. The van der Waals surface area contributed by atoms with E-state index in [0.717, 1.165) is 18.1 Å². The summed E-state index contributed by atoms with van der Waals surface area (Å²) in [6.07, 6.45) is 9.80. The number of nitrogens with one attached hydrogen (secondary N) is 1. The maximum atomic E-state index is 3.73. The second-order valence-electron chi connectivity index (χ2n) is 6.80. The predicted octanol–water partition coefficient (Wildman–Crippen LogP) is 2.32. The summed E-state index contributed by atoms with van der Waals surface area (Å²) in [6, 6.07) is 2.34. The highest BCUT2D eigenvalue weighted by Crippen LogP contribution is 2.21. The average molecular weight is 267 g/mol. The molecule has 2 fully saturated rings. The molecule has 19 heavy (non-hydrogen) atoms. The van der Waals surface area contributed by atoms with Crippen LogP contribution in [0.15, 0.2) is 0 Å². The van der Waals surface area contributed by atoms with Crippen LogP contribution >= 0.6 is 0 Å². The third kappa shape index (κ3) is 4.73. The van der Waals surface area contributed by atoms with Crippen LogP contribution in [0.2, 0.25) is 0 Å². The van der Waals surface area contributed by atoms with Gasteiger partial charge in [-0.1, -0.05) is 19.3 Å². The Kier molecular flexibility index (Phi) is 6.11. The third-order valence-electron chi connectivity index (χ3n) is 5.21. The Morgan fingerprint density at radius 2 is 1.95 bits per heavy atom. The first-order valence-corrected chi connectivity index (χ1v) is 8.30. The van der Waals surface area contributed by atoms with Crippen LogP contribution in [-0.2, 0) is 0 Å². The quantitative estimate of drug-likeness (QED) is 0.745. The van der Waals surface area contributed by atoms with Crippen LogP contribution in [0.25, 0.3) is 0 Å². The minimum Gasteiger partial charge on any atom is -0.313 e. The molecule has 0 aromatic rings. The Morgan fingerprint density at radius 3 is 2.58 bits per heavy atom. The Morgan fingerprint density at radius 1 is 1.21 bits per heavy atom. The molecule has 2 atom stereocenters. The normalized spacial score (nSPS) is 30.3. The molecular weight excluding hydrogens is 234 g/mol. The van der Waals surface area contributed by atoms with E-state index in [2.05, 4.69) is 36.1 Å². The maximum absolute atomic E-state index is 3.73. The zero-order valence-corrected chi connectivity index (χ0v) is 13.2. The molecule has 1 saturated carbocycles. The summed E-state index contributed by atoms with van der Waals surface area (Å²) < 4.78 is 0. The molecule has 2 unspecified atom stereocenters. The zero-order valence-electron chi connectivity index (χ0n) is 13.2. The maximum Gasteiger partial charge on any atom is 0.0209 e. The van der Waals surface area contributed by atoms with Crippen molar-refractivity contribution in [3.63, 3.8) is 0 Å². The smallest absolute Gasteiger partial charge is 0.0209 e. The van der Waals surface area contributed by atoms with Crippen LogP contribution in [0.1, 0.15) is 51.9 Å². The molecule has 2 aliphatic rings. The van der Waals surface area contributed by atoms with Gasteiger partial charge in [0.2, 0.25) is 0 Å². The number of likely N-dealkylation sites (N-methyl/N-ethyl adjacent to an activating group) is 1. The van der Waals surface area contributed by atoms with E-state index in [1.807, 2.05) is 0 Å². The van der Waals surface area contributed by atoms with Gasteiger partial charge in [-0.25, -0.2) is 0 Å². The molecular formula is C16H33N3. The number of likely N-dealkylation sites (tertiary alicyclic amines) is 1. The van der Waals surface area contributed by atoms with Crippen LogP contribution in [0.5, 0.6) is 0 Å². The topological polar surface area (TPSA) is 18.5 Å². The molecule has 0 amide bonds. The van der Waals surface area contributed by atoms with Crippen LogP contribution in [0.4, 0.5) is 0 Å². The van der Waals surface area contributed by atoms with Crippen LogP contribution in [0.3, 0.4) is 0 Å². The molecule has 1 N–H and O–H groups in total. The Bertz CT molecular complexity index is 240. The van der Waals surface area contributed by atoms with Crippen LogP contribution in [0, 0.1) is 0 Å². The van der Waals surface area contributed by atoms with Crippen molar-refractivity contribution in [3.05, 3.63) is 0 Å². The fourth-order valence-electron chi connectivity index (χ4n) is 3.68. The monoisotopic (exact) mass is 267 g/mol. The molecule has 3 nitrogen and oxygen atoms in total. The number of rotatable bonds is 6. The van der Waals surface area contributed by atoms with Gasteiger partial charge in [0.05, 0.1) is 0 Å². The van der Waals surface area contributed by atoms with Gasteiger partial charge in [-0.3, -0.25) is 0 Å². The lowest BCUT2D eigenvalue weighted by molar-refractivity contribution is 0.189. The molecule has 0 radical (unpaired) electrons. The van der Waals surface area contributed by atoms with Crippen molar-refractivity contribution in [2.45, 2.75) is 70.0 Å². The van der Waals surface area contributed by atoms with Crippen molar-refractivity contribution in [1.82, 2.24) is 15.1 Å². The lowest BCUT2D eigenvalue weighted by Gasteiger charge is -2.31. The Balaban J connectivity index is 1.54. The summed E-state index contributed by atoms with van der Waals surface area (Å²) in [5.74, 6) is 0. The van der Waals surface area contributed by atoms with E-state index in [1.54, 1.807) is 0 Å². The van der Waals surface area contributed by atoms with Gasteiger partial charge in [-0.2, -0.15) is 0 Å². The highest BCUT2D eigenvalue weighted by molar-refractivity contribution is 4.85. The van der Waals surface area contributed by atoms with E-state index in [0.29, 0.717) is 0 Å². The summed E-state index contributed by atoms with van der Waals surface area (Å²) in [5.41, 5.74) is 0. The summed E-state index contributed by atoms with van der Waals surface area (Å²) in [7, 11) is 4.56. The van der Waals surface area contributed by atoms with Gasteiger partial charge >= 0.3 is 0 Å². The van der Waals surface area contributed by atoms with Crippen LogP contribution in [-0.4, -0.2) is 61.7 Å². The lowest BCUT2D eigenvalue weighted by atomic mass is 9.94. The van der Waals surface area contributed by atoms with Gasteiger partial charge in [0, 0.05) is 24.7 Å². The number of nitrogens with zero attached hydrogens (tertiary/aromatic N) is 2. The molecule has 0 aromatic heterocycles. The summed E-state index contributed by atoms with van der Waals surface area (Å²) in [5, 5.41) is 3.73. The summed E-state index contributed by atoms with van der Waals surface area (Å²) >= 11 is 0. The van der Waals surface area contributed by atoms with E-state index in [4.69, 9.17) is 0 Å². The van der Waals surface area contributed by atoms with Crippen molar-refractivity contribution in [1.29, 1.82) is 0 Å². The minimum atomic E-state index is 0.722. The highest BCUT2D eigenvalue weighted by Gasteiger charge is 2.25. The van der Waals surface area contributed by atoms with Gasteiger partial charge in [-0.05, 0) is 59.8 Å². The van der Waals surface area contributed by atoms with Gasteiger partial charge < -0.3 is 15.1 Å². The number of hydrogen-bond acceptors (Lipinski definition) is 3. The third-order valence-corrected chi connectivity index (χ3v) is 5.21.